The minimum atomic E-state index is -0.500. The molecule has 0 aliphatic heterocycles. The molecule has 2 aromatic carbocycles. The van der Waals surface area contributed by atoms with Crippen LogP contribution in [0.3, 0.4) is 0 Å². The average Bonchev–Trinajstić information content (AvgIpc) is 3.21. The molecular formula is C20H19N3O5S. The number of ether oxygens (including phenoxy) is 1. The third-order valence-corrected chi connectivity index (χ3v) is 5.21. The van der Waals surface area contributed by atoms with Gasteiger partial charge in [-0.25, -0.2) is 0 Å². The minimum Gasteiger partial charge on any atom is -0.455 e. The molecule has 0 saturated heterocycles. The second-order valence-electron chi connectivity index (χ2n) is 6.18. The lowest BCUT2D eigenvalue weighted by atomic mass is 10.1. The Morgan fingerprint density at radius 3 is 2.52 bits per heavy atom. The van der Waals surface area contributed by atoms with Gasteiger partial charge in [0, 0.05) is 22.6 Å². The smallest absolute Gasteiger partial charge is 0.319 e. The number of esters is 1. The van der Waals surface area contributed by atoms with E-state index in [9.17, 15) is 14.9 Å². The maximum Gasteiger partial charge on any atom is 0.319 e. The minimum absolute atomic E-state index is 0.00103. The van der Waals surface area contributed by atoms with E-state index in [4.69, 9.17) is 9.26 Å². The van der Waals surface area contributed by atoms with E-state index in [1.165, 1.54) is 29.5 Å². The summed E-state index contributed by atoms with van der Waals surface area (Å²) in [6, 6.07) is 13.8. The largest absolute Gasteiger partial charge is 0.455 e. The zero-order chi connectivity index (χ0) is 20.8. The van der Waals surface area contributed by atoms with Gasteiger partial charge in [0.05, 0.1) is 4.92 Å². The van der Waals surface area contributed by atoms with Crippen molar-refractivity contribution in [2.24, 2.45) is 0 Å². The summed E-state index contributed by atoms with van der Waals surface area (Å²) in [7, 11) is 0. The van der Waals surface area contributed by atoms with Crippen molar-refractivity contribution < 1.29 is 19.0 Å². The molecule has 8 nitrogen and oxygen atoms in total. The van der Waals surface area contributed by atoms with E-state index in [0.29, 0.717) is 5.82 Å². The predicted octanol–water partition coefficient (Wildman–Crippen LogP) is 4.43. The third-order valence-electron chi connectivity index (χ3n) is 4.12. The van der Waals surface area contributed by atoms with Crippen LogP contribution >= 0.6 is 11.8 Å². The number of aromatic nitrogens is 2. The van der Waals surface area contributed by atoms with Crippen LogP contribution in [0, 0.1) is 10.1 Å². The summed E-state index contributed by atoms with van der Waals surface area (Å²) in [4.78, 5) is 27.4. The number of nitro groups is 1. The fourth-order valence-electron chi connectivity index (χ4n) is 2.47. The molecule has 3 aromatic rings. The Morgan fingerprint density at radius 1 is 1.21 bits per heavy atom. The Hall–Kier alpha value is -3.20. The molecule has 0 unspecified atom stereocenters. The van der Waals surface area contributed by atoms with Crippen molar-refractivity contribution >= 4 is 23.4 Å². The molecule has 1 heterocycles. The Balaban J connectivity index is 1.53. The van der Waals surface area contributed by atoms with Crippen LogP contribution in [0.5, 0.6) is 0 Å². The van der Waals surface area contributed by atoms with Crippen molar-refractivity contribution in [1.29, 1.82) is 0 Å². The fourth-order valence-corrected chi connectivity index (χ4v) is 3.33. The first kappa shape index (κ1) is 20.5. The van der Waals surface area contributed by atoms with Gasteiger partial charge in [0.2, 0.25) is 5.82 Å². The van der Waals surface area contributed by atoms with Gasteiger partial charge in [-0.2, -0.15) is 4.98 Å². The molecule has 0 radical (unpaired) electrons. The molecule has 29 heavy (non-hydrogen) atoms. The van der Waals surface area contributed by atoms with Crippen molar-refractivity contribution in [3.63, 3.8) is 0 Å². The number of aryl methyl sites for hydroxylation is 1. The van der Waals surface area contributed by atoms with Crippen molar-refractivity contribution in [2.45, 2.75) is 37.0 Å². The number of nitrogens with zero attached hydrogens (tertiary/aromatic N) is 3. The average molecular weight is 413 g/mol. The molecule has 150 valence electrons. The predicted molar refractivity (Wildman–Crippen MR) is 107 cm³/mol. The van der Waals surface area contributed by atoms with E-state index in [0.717, 1.165) is 16.9 Å². The van der Waals surface area contributed by atoms with Crippen molar-refractivity contribution in [1.82, 2.24) is 10.1 Å². The van der Waals surface area contributed by atoms with E-state index in [1.807, 2.05) is 24.3 Å². The second-order valence-corrected chi connectivity index (χ2v) is 7.60. The number of benzene rings is 2. The van der Waals surface area contributed by atoms with Gasteiger partial charge < -0.3 is 9.26 Å². The van der Waals surface area contributed by atoms with E-state index in [-0.39, 0.29) is 18.2 Å². The molecule has 0 aliphatic rings. The van der Waals surface area contributed by atoms with Crippen LogP contribution in [0.15, 0.2) is 57.9 Å². The molecule has 3 rings (SSSR count). The van der Waals surface area contributed by atoms with Crippen LogP contribution < -0.4 is 0 Å². The molecule has 0 bridgehead atoms. The normalized spacial score (nSPS) is 11.8. The number of hydrogen-bond donors (Lipinski definition) is 0. The number of carbonyl (C=O) groups is 1. The van der Waals surface area contributed by atoms with Crippen LogP contribution in [0.25, 0.3) is 11.4 Å². The Kier molecular flexibility index (Phi) is 6.61. The van der Waals surface area contributed by atoms with Crippen molar-refractivity contribution in [2.75, 3.05) is 0 Å². The number of non-ortho nitro benzene ring substituents is 1. The highest BCUT2D eigenvalue weighted by Gasteiger charge is 2.18. The highest BCUT2D eigenvalue weighted by Crippen LogP contribution is 2.26. The Bertz CT molecular complexity index is 986. The summed E-state index contributed by atoms with van der Waals surface area (Å²) in [5, 5.41) is 14.1. The van der Waals surface area contributed by atoms with Gasteiger partial charge >= 0.3 is 5.97 Å². The highest BCUT2D eigenvalue weighted by atomic mass is 32.2. The second kappa shape index (κ2) is 9.33. The summed E-state index contributed by atoms with van der Waals surface area (Å²) in [5.74, 6) is 0.202. The van der Waals surface area contributed by atoms with Crippen LogP contribution in [-0.2, 0) is 22.6 Å². The Labute approximate surface area is 171 Å². The number of thioether (sulfide) groups is 1. The summed E-state index contributed by atoms with van der Waals surface area (Å²) < 4.78 is 10.4. The van der Waals surface area contributed by atoms with Crippen molar-refractivity contribution in [3.8, 4) is 11.4 Å². The van der Waals surface area contributed by atoms with E-state index < -0.39 is 16.1 Å². The summed E-state index contributed by atoms with van der Waals surface area (Å²) in [6.45, 7) is 3.66. The first-order valence-electron chi connectivity index (χ1n) is 8.96. The molecule has 0 fully saturated rings. The SMILES string of the molecule is CCc1ccc(-c2noc(COC(=O)[C@@H](C)Sc3ccc([N+](=O)[O-])cc3)n2)cc1. The van der Waals surface area contributed by atoms with Crippen molar-refractivity contribution in [3.05, 3.63) is 70.1 Å². The first-order chi connectivity index (χ1) is 14.0. The monoisotopic (exact) mass is 413 g/mol. The molecule has 0 N–H and O–H groups in total. The van der Waals surface area contributed by atoms with Gasteiger partial charge in [-0.3, -0.25) is 14.9 Å². The zero-order valence-corrected chi connectivity index (χ0v) is 16.7. The molecule has 0 aliphatic carbocycles. The number of rotatable bonds is 8. The van der Waals surface area contributed by atoms with Gasteiger partial charge in [0.25, 0.3) is 11.6 Å². The first-order valence-corrected chi connectivity index (χ1v) is 9.84. The van der Waals surface area contributed by atoms with E-state index in [2.05, 4.69) is 17.1 Å². The summed E-state index contributed by atoms with van der Waals surface area (Å²) >= 11 is 1.25. The molecule has 0 spiro atoms. The summed E-state index contributed by atoms with van der Waals surface area (Å²) in [6.07, 6.45) is 0.948. The molecule has 0 saturated carbocycles. The number of hydrogen-bond acceptors (Lipinski definition) is 8. The third kappa shape index (κ3) is 5.41. The maximum atomic E-state index is 12.2. The Morgan fingerprint density at radius 2 is 1.90 bits per heavy atom. The maximum absolute atomic E-state index is 12.2. The molecule has 1 atom stereocenters. The lowest BCUT2D eigenvalue weighted by molar-refractivity contribution is -0.384. The van der Waals surface area contributed by atoms with Gasteiger partial charge in [0.1, 0.15) is 5.25 Å². The molecule has 0 amide bonds. The molecule has 1 aromatic heterocycles. The lowest BCUT2D eigenvalue weighted by Crippen LogP contribution is -2.16. The lowest BCUT2D eigenvalue weighted by Gasteiger charge is -2.09. The van der Waals surface area contributed by atoms with Gasteiger partial charge in [-0.1, -0.05) is 36.3 Å². The number of carbonyl (C=O) groups excluding carboxylic acids is 1. The molecule has 9 heteroatoms. The van der Waals surface area contributed by atoms with Gasteiger partial charge in [-0.05, 0) is 31.0 Å². The van der Waals surface area contributed by atoms with Gasteiger partial charge in [-0.15, -0.1) is 11.8 Å². The molecular weight excluding hydrogens is 394 g/mol. The standard InChI is InChI=1S/C20H19N3O5S/c1-3-14-4-6-15(7-5-14)19-21-18(28-22-19)12-27-20(24)13(2)29-17-10-8-16(9-11-17)23(25)26/h4-11,13H,3,12H2,1-2H3/t13-/m1/s1. The number of nitro benzene ring substituents is 1. The van der Waals surface area contributed by atoms with Crippen LogP contribution in [0.4, 0.5) is 5.69 Å². The van der Waals surface area contributed by atoms with E-state index in [1.54, 1.807) is 19.1 Å². The topological polar surface area (TPSA) is 108 Å². The summed E-state index contributed by atoms with van der Waals surface area (Å²) in [5.41, 5.74) is 2.04. The quantitative estimate of drug-likeness (QED) is 0.231. The fraction of sp³-hybridized carbons (Fsp3) is 0.250. The van der Waals surface area contributed by atoms with Gasteiger partial charge in [0.15, 0.2) is 6.61 Å². The van der Waals surface area contributed by atoms with E-state index >= 15 is 0 Å². The van der Waals surface area contributed by atoms with Crippen LogP contribution in [-0.4, -0.2) is 26.3 Å². The highest BCUT2D eigenvalue weighted by molar-refractivity contribution is 8.00. The zero-order valence-electron chi connectivity index (χ0n) is 15.9. The van der Waals surface area contributed by atoms with Crippen LogP contribution in [0.1, 0.15) is 25.3 Å². The van der Waals surface area contributed by atoms with Crippen LogP contribution in [0.2, 0.25) is 0 Å².